The first kappa shape index (κ1) is 17.2. The molecule has 0 aliphatic carbocycles. The number of amides is 2. The zero-order valence-electron chi connectivity index (χ0n) is 15.0. The van der Waals surface area contributed by atoms with Gasteiger partial charge in [-0.25, -0.2) is 0 Å². The Labute approximate surface area is 158 Å². The fourth-order valence-electron chi connectivity index (χ4n) is 3.50. The van der Waals surface area contributed by atoms with Gasteiger partial charge in [0.25, 0.3) is 11.8 Å². The second kappa shape index (κ2) is 7.58. The van der Waals surface area contributed by atoms with Gasteiger partial charge < -0.3 is 10.2 Å². The maximum absolute atomic E-state index is 12.7. The Balaban J connectivity index is 1.55. The van der Waals surface area contributed by atoms with Crippen LogP contribution in [0.4, 0.5) is 5.69 Å². The van der Waals surface area contributed by atoms with Gasteiger partial charge in [-0.15, -0.1) is 0 Å². The average Bonchev–Trinajstić information content (AvgIpc) is 2.73. The predicted molar refractivity (Wildman–Crippen MR) is 106 cm³/mol. The summed E-state index contributed by atoms with van der Waals surface area (Å²) in [6, 6.07) is 16.6. The Morgan fingerprint density at radius 2 is 1.74 bits per heavy atom. The van der Waals surface area contributed by atoms with E-state index in [1.807, 2.05) is 35.2 Å². The molecule has 0 atom stereocenters. The monoisotopic (exact) mass is 359 g/mol. The lowest BCUT2D eigenvalue weighted by molar-refractivity contribution is 0.0724. The Morgan fingerprint density at radius 3 is 2.59 bits per heavy atom. The van der Waals surface area contributed by atoms with Crippen molar-refractivity contribution in [3.05, 3.63) is 72.1 Å². The first-order valence-electron chi connectivity index (χ1n) is 9.27. The average molecular weight is 359 g/mol. The summed E-state index contributed by atoms with van der Waals surface area (Å²) in [6.07, 6.45) is 4.91. The van der Waals surface area contributed by atoms with Crippen LogP contribution in [-0.2, 0) is 0 Å². The van der Waals surface area contributed by atoms with Gasteiger partial charge in [-0.05, 0) is 48.9 Å². The van der Waals surface area contributed by atoms with Crippen LogP contribution < -0.4 is 5.32 Å². The third kappa shape index (κ3) is 3.67. The fraction of sp³-hybridized carbons (Fsp3) is 0.227. The van der Waals surface area contributed by atoms with Crippen LogP contribution in [0.15, 0.2) is 60.8 Å². The van der Waals surface area contributed by atoms with Crippen molar-refractivity contribution in [3.63, 3.8) is 0 Å². The van der Waals surface area contributed by atoms with Gasteiger partial charge in [0.1, 0.15) is 5.69 Å². The normalized spacial score (nSPS) is 14.1. The highest BCUT2D eigenvalue weighted by Crippen LogP contribution is 2.20. The summed E-state index contributed by atoms with van der Waals surface area (Å²) in [6.45, 7) is 1.60. The number of piperidine rings is 1. The molecule has 4 rings (SSSR count). The minimum atomic E-state index is -0.283. The molecule has 5 nitrogen and oxygen atoms in total. The molecule has 1 aliphatic heterocycles. The second-order valence-corrected chi connectivity index (χ2v) is 6.77. The quantitative estimate of drug-likeness (QED) is 0.765. The second-order valence-electron chi connectivity index (χ2n) is 6.77. The molecule has 27 heavy (non-hydrogen) atoms. The number of pyridine rings is 1. The van der Waals surface area contributed by atoms with E-state index in [1.54, 1.807) is 30.5 Å². The number of aromatic nitrogens is 1. The number of fused-ring (bicyclic) bond motifs is 1. The van der Waals surface area contributed by atoms with Gasteiger partial charge in [-0.2, -0.15) is 0 Å². The summed E-state index contributed by atoms with van der Waals surface area (Å²) < 4.78 is 0. The molecule has 1 saturated heterocycles. The topological polar surface area (TPSA) is 62.3 Å². The molecular weight excluding hydrogens is 338 g/mol. The van der Waals surface area contributed by atoms with Gasteiger partial charge in [-0.1, -0.05) is 30.3 Å². The van der Waals surface area contributed by atoms with E-state index < -0.39 is 0 Å². The molecule has 1 aromatic heterocycles. The van der Waals surface area contributed by atoms with E-state index in [0.29, 0.717) is 16.9 Å². The molecule has 0 radical (unpaired) electrons. The predicted octanol–water partition coefficient (Wildman–Crippen LogP) is 4.11. The minimum Gasteiger partial charge on any atom is -0.339 e. The van der Waals surface area contributed by atoms with E-state index in [9.17, 15) is 9.59 Å². The summed E-state index contributed by atoms with van der Waals surface area (Å²) >= 11 is 0. The van der Waals surface area contributed by atoms with Crippen LogP contribution in [0, 0.1) is 0 Å². The van der Waals surface area contributed by atoms with Crippen LogP contribution in [0.25, 0.3) is 10.8 Å². The number of benzene rings is 2. The molecule has 1 N–H and O–H groups in total. The van der Waals surface area contributed by atoms with Crippen molar-refractivity contribution >= 4 is 28.3 Å². The summed E-state index contributed by atoms with van der Waals surface area (Å²) in [7, 11) is 0. The van der Waals surface area contributed by atoms with Crippen molar-refractivity contribution in [2.24, 2.45) is 0 Å². The lowest BCUT2D eigenvalue weighted by Crippen LogP contribution is -2.35. The van der Waals surface area contributed by atoms with Crippen LogP contribution in [0.1, 0.15) is 40.1 Å². The number of hydrogen-bond acceptors (Lipinski definition) is 3. The van der Waals surface area contributed by atoms with Gasteiger partial charge >= 0.3 is 0 Å². The molecule has 2 amide bonds. The summed E-state index contributed by atoms with van der Waals surface area (Å²) in [5.74, 6) is -0.261. The molecule has 3 aromatic rings. The first-order chi connectivity index (χ1) is 13.2. The molecule has 2 aromatic carbocycles. The van der Waals surface area contributed by atoms with Crippen LogP contribution >= 0.6 is 0 Å². The van der Waals surface area contributed by atoms with Crippen LogP contribution in [-0.4, -0.2) is 34.8 Å². The number of anilines is 1. The van der Waals surface area contributed by atoms with Gasteiger partial charge in [0, 0.05) is 35.9 Å². The molecule has 0 bridgehead atoms. The molecule has 0 spiro atoms. The molecule has 1 aliphatic rings. The maximum atomic E-state index is 12.7. The highest BCUT2D eigenvalue weighted by Gasteiger charge is 2.19. The van der Waals surface area contributed by atoms with E-state index in [4.69, 9.17) is 0 Å². The molecule has 5 heteroatoms. The van der Waals surface area contributed by atoms with Gasteiger partial charge in [0.2, 0.25) is 0 Å². The first-order valence-corrected chi connectivity index (χ1v) is 9.27. The minimum absolute atomic E-state index is 0.0223. The standard InChI is InChI=1S/C22H21N3O2/c26-21(20-19-10-3-2-7-16(19)11-12-23-20)24-18-9-6-8-17(15-18)22(27)25-13-4-1-5-14-25/h2-3,6-12,15H,1,4-5,13-14H2,(H,24,26). The number of hydrogen-bond donors (Lipinski definition) is 1. The highest BCUT2D eigenvalue weighted by atomic mass is 16.2. The van der Waals surface area contributed by atoms with E-state index in [0.717, 1.165) is 36.7 Å². The maximum Gasteiger partial charge on any atom is 0.274 e. The SMILES string of the molecule is O=C(Nc1cccc(C(=O)N2CCCCC2)c1)c1nccc2ccccc12. The van der Waals surface area contributed by atoms with Crippen LogP contribution in [0.2, 0.25) is 0 Å². The lowest BCUT2D eigenvalue weighted by Gasteiger charge is -2.26. The van der Waals surface area contributed by atoms with E-state index >= 15 is 0 Å². The number of carbonyl (C=O) groups is 2. The lowest BCUT2D eigenvalue weighted by atomic mass is 10.1. The molecule has 1 fully saturated rings. The Hall–Kier alpha value is -3.21. The number of rotatable bonds is 3. The zero-order valence-corrected chi connectivity index (χ0v) is 15.0. The summed E-state index contributed by atoms with van der Waals surface area (Å²) in [5, 5.41) is 4.64. The van der Waals surface area contributed by atoms with Crippen molar-refractivity contribution in [3.8, 4) is 0 Å². The van der Waals surface area contributed by atoms with Crippen molar-refractivity contribution in [1.82, 2.24) is 9.88 Å². The van der Waals surface area contributed by atoms with Gasteiger partial charge in [0.05, 0.1) is 0 Å². The fourth-order valence-corrected chi connectivity index (χ4v) is 3.50. The number of nitrogens with zero attached hydrogens (tertiary/aromatic N) is 2. The summed E-state index contributed by atoms with van der Waals surface area (Å²) in [5.41, 5.74) is 1.57. The molecule has 0 unspecified atom stereocenters. The number of carbonyl (C=O) groups excluding carboxylic acids is 2. The Bertz CT molecular complexity index is 988. The zero-order chi connectivity index (χ0) is 18.6. The largest absolute Gasteiger partial charge is 0.339 e. The Kier molecular flexibility index (Phi) is 4.83. The smallest absolute Gasteiger partial charge is 0.274 e. The Morgan fingerprint density at radius 1 is 0.926 bits per heavy atom. The number of likely N-dealkylation sites (tertiary alicyclic amines) is 1. The van der Waals surface area contributed by atoms with Crippen molar-refractivity contribution in [2.45, 2.75) is 19.3 Å². The van der Waals surface area contributed by atoms with E-state index in [-0.39, 0.29) is 11.8 Å². The molecular formula is C22H21N3O2. The molecule has 136 valence electrons. The van der Waals surface area contributed by atoms with Crippen molar-refractivity contribution in [1.29, 1.82) is 0 Å². The van der Waals surface area contributed by atoms with Gasteiger partial charge in [-0.3, -0.25) is 14.6 Å². The van der Waals surface area contributed by atoms with E-state index in [1.165, 1.54) is 6.42 Å². The van der Waals surface area contributed by atoms with Crippen molar-refractivity contribution < 1.29 is 9.59 Å². The van der Waals surface area contributed by atoms with E-state index in [2.05, 4.69) is 10.3 Å². The summed E-state index contributed by atoms with van der Waals surface area (Å²) in [4.78, 5) is 31.6. The van der Waals surface area contributed by atoms with Crippen LogP contribution in [0.5, 0.6) is 0 Å². The van der Waals surface area contributed by atoms with Crippen molar-refractivity contribution in [2.75, 3.05) is 18.4 Å². The number of nitrogens with one attached hydrogen (secondary N) is 1. The third-order valence-corrected chi connectivity index (χ3v) is 4.90. The van der Waals surface area contributed by atoms with Gasteiger partial charge in [0.15, 0.2) is 0 Å². The molecule has 2 heterocycles. The molecule has 0 saturated carbocycles. The third-order valence-electron chi connectivity index (χ3n) is 4.90. The highest BCUT2D eigenvalue weighted by molar-refractivity contribution is 6.11. The van der Waals surface area contributed by atoms with Crippen LogP contribution in [0.3, 0.4) is 0 Å².